The van der Waals surface area contributed by atoms with Crippen LogP contribution in [-0.2, 0) is 4.79 Å². The second-order valence-corrected chi connectivity index (χ2v) is 6.22. The lowest BCUT2D eigenvalue weighted by molar-refractivity contribution is -0.130. The second-order valence-electron chi connectivity index (χ2n) is 5.81. The quantitative estimate of drug-likeness (QED) is 0.441. The van der Waals surface area contributed by atoms with Crippen LogP contribution in [0.5, 0.6) is 11.5 Å². The Kier molecular flexibility index (Phi) is 5.40. The van der Waals surface area contributed by atoms with Crippen molar-refractivity contribution < 1.29 is 14.6 Å². The van der Waals surface area contributed by atoms with Gasteiger partial charge in [0.2, 0.25) is 0 Å². The summed E-state index contributed by atoms with van der Waals surface area (Å²) in [4.78, 5) is 11.6. The van der Waals surface area contributed by atoms with E-state index in [1.54, 1.807) is 42.5 Å². The van der Waals surface area contributed by atoms with E-state index < -0.39 is 5.97 Å². The van der Waals surface area contributed by atoms with Crippen molar-refractivity contribution in [3.63, 3.8) is 0 Å². The average molecular weight is 365 g/mol. The van der Waals surface area contributed by atoms with Crippen LogP contribution in [0.15, 0.2) is 72.8 Å². The number of carboxylic acids is 1. The lowest BCUT2D eigenvalue weighted by Gasteiger charge is -2.08. The first-order valence-electron chi connectivity index (χ1n) is 8.07. The minimum absolute atomic E-state index is 0.243. The van der Waals surface area contributed by atoms with Gasteiger partial charge in [-0.15, -0.1) is 0 Å². The molecule has 0 saturated heterocycles. The summed E-state index contributed by atoms with van der Waals surface area (Å²) in [5, 5.41) is 10.2. The number of halogens is 1. The molecule has 0 unspecified atom stereocenters. The van der Waals surface area contributed by atoms with Crippen LogP contribution in [0.4, 0.5) is 0 Å². The number of carboxylic acid groups (broad SMARTS) is 1. The van der Waals surface area contributed by atoms with Gasteiger partial charge in [-0.2, -0.15) is 0 Å². The topological polar surface area (TPSA) is 46.5 Å². The van der Waals surface area contributed by atoms with Crippen LogP contribution in [0.1, 0.15) is 16.7 Å². The molecule has 0 aliphatic rings. The van der Waals surface area contributed by atoms with Gasteiger partial charge in [0.1, 0.15) is 11.5 Å². The normalized spacial score (nSPS) is 11.2. The van der Waals surface area contributed by atoms with E-state index in [0.717, 1.165) is 11.1 Å². The maximum atomic E-state index is 11.6. The Morgan fingerprint density at radius 1 is 0.962 bits per heavy atom. The van der Waals surface area contributed by atoms with Crippen molar-refractivity contribution in [2.24, 2.45) is 0 Å². The molecule has 3 nitrogen and oxygen atoms in total. The van der Waals surface area contributed by atoms with Crippen LogP contribution in [0.3, 0.4) is 0 Å². The van der Waals surface area contributed by atoms with Gasteiger partial charge in [-0.3, -0.25) is 0 Å². The van der Waals surface area contributed by atoms with E-state index in [4.69, 9.17) is 16.3 Å². The minimum Gasteiger partial charge on any atom is -0.478 e. The van der Waals surface area contributed by atoms with Crippen LogP contribution in [0.25, 0.3) is 11.6 Å². The van der Waals surface area contributed by atoms with Crippen LogP contribution in [0.2, 0.25) is 5.02 Å². The lowest BCUT2D eigenvalue weighted by Crippen LogP contribution is -1.99. The molecular formula is C22H17ClO3. The zero-order valence-electron chi connectivity index (χ0n) is 14.1. The van der Waals surface area contributed by atoms with Crippen molar-refractivity contribution in [3.8, 4) is 11.5 Å². The van der Waals surface area contributed by atoms with Gasteiger partial charge < -0.3 is 9.84 Å². The fourth-order valence-corrected chi connectivity index (χ4v) is 2.62. The molecule has 1 N–H and O–H groups in total. The molecule has 0 spiro atoms. The molecule has 26 heavy (non-hydrogen) atoms. The van der Waals surface area contributed by atoms with Gasteiger partial charge in [-0.25, -0.2) is 4.79 Å². The zero-order chi connectivity index (χ0) is 18.5. The predicted molar refractivity (Wildman–Crippen MR) is 105 cm³/mol. The van der Waals surface area contributed by atoms with Crippen LogP contribution < -0.4 is 4.74 Å². The smallest absolute Gasteiger partial charge is 0.336 e. The van der Waals surface area contributed by atoms with E-state index in [1.165, 1.54) is 0 Å². The number of hydrogen-bond acceptors (Lipinski definition) is 2. The summed E-state index contributed by atoms with van der Waals surface area (Å²) < 4.78 is 5.81. The SMILES string of the molecule is Cc1cc(Oc2ccc(/C=C(/C(=O)O)c3ccccc3)cc2)ccc1Cl. The number of ether oxygens (including phenoxy) is 1. The van der Waals surface area contributed by atoms with Crippen LogP contribution >= 0.6 is 11.6 Å². The molecule has 0 atom stereocenters. The summed E-state index contributed by atoms with van der Waals surface area (Å²) in [7, 11) is 0. The highest BCUT2D eigenvalue weighted by Gasteiger charge is 2.10. The molecule has 0 aliphatic heterocycles. The Bertz CT molecular complexity index is 945. The van der Waals surface area contributed by atoms with Gasteiger partial charge in [-0.05, 0) is 60.0 Å². The van der Waals surface area contributed by atoms with Crippen LogP contribution in [-0.4, -0.2) is 11.1 Å². The van der Waals surface area contributed by atoms with E-state index in [1.807, 2.05) is 43.3 Å². The molecule has 0 aromatic heterocycles. The molecule has 4 heteroatoms. The number of hydrogen-bond donors (Lipinski definition) is 1. The van der Waals surface area contributed by atoms with Crippen molar-refractivity contribution in [1.29, 1.82) is 0 Å². The highest BCUT2D eigenvalue weighted by molar-refractivity contribution is 6.31. The van der Waals surface area contributed by atoms with Gasteiger partial charge in [0, 0.05) is 5.02 Å². The van der Waals surface area contributed by atoms with E-state index in [0.29, 0.717) is 22.1 Å². The molecule has 0 aliphatic carbocycles. The van der Waals surface area contributed by atoms with E-state index >= 15 is 0 Å². The molecule has 0 saturated carbocycles. The summed E-state index contributed by atoms with van der Waals surface area (Å²) in [5.41, 5.74) is 2.63. The first-order chi connectivity index (χ1) is 12.5. The summed E-state index contributed by atoms with van der Waals surface area (Å²) in [6, 6.07) is 21.8. The molecule has 3 rings (SSSR count). The second kappa shape index (κ2) is 7.89. The Balaban J connectivity index is 1.82. The average Bonchev–Trinajstić information content (AvgIpc) is 2.64. The van der Waals surface area contributed by atoms with E-state index in [9.17, 15) is 9.90 Å². The first-order valence-corrected chi connectivity index (χ1v) is 8.45. The molecule has 0 fully saturated rings. The molecule has 130 valence electrons. The lowest BCUT2D eigenvalue weighted by atomic mass is 10.0. The maximum absolute atomic E-state index is 11.6. The number of aliphatic carboxylic acids is 1. The highest BCUT2D eigenvalue weighted by atomic mass is 35.5. The van der Waals surface area contributed by atoms with E-state index in [-0.39, 0.29) is 5.57 Å². The Labute approximate surface area is 157 Å². The molecule has 3 aromatic carbocycles. The van der Waals surface area contributed by atoms with Gasteiger partial charge in [0.15, 0.2) is 0 Å². The Morgan fingerprint density at radius 3 is 2.23 bits per heavy atom. The number of benzene rings is 3. The fourth-order valence-electron chi connectivity index (χ4n) is 2.50. The van der Waals surface area contributed by atoms with Gasteiger partial charge in [0.25, 0.3) is 0 Å². The third-order valence-corrected chi connectivity index (χ3v) is 4.30. The molecule has 0 heterocycles. The van der Waals surface area contributed by atoms with Gasteiger partial charge >= 0.3 is 5.97 Å². The third-order valence-electron chi connectivity index (χ3n) is 3.87. The van der Waals surface area contributed by atoms with Gasteiger partial charge in [0.05, 0.1) is 5.57 Å². The monoisotopic (exact) mass is 364 g/mol. The number of aryl methyl sites for hydroxylation is 1. The summed E-state index contributed by atoms with van der Waals surface area (Å²) >= 11 is 6.02. The molecule has 0 bridgehead atoms. The number of rotatable bonds is 5. The molecule has 0 radical (unpaired) electrons. The minimum atomic E-state index is -0.965. The van der Waals surface area contributed by atoms with E-state index in [2.05, 4.69) is 0 Å². The first kappa shape index (κ1) is 17.8. The highest BCUT2D eigenvalue weighted by Crippen LogP contribution is 2.27. The third kappa shape index (κ3) is 4.32. The summed E-state index contributed by atoms with van der Waals surface area (Å²) in [5.74, 6) is 0.402. The number of carbonyl (C=O) groups is 1. The van der Waals surface area contributed by atoms with Gasteiger partial charge in [-0.1, -0.05) is 54.1 Å². The van der Waals surface area contributed by atoms with Crippen molar-refractivity contribution in [1.82, 2.24) is 0 Å². The summed E-state index contributed by atoms with van der Waals surface area (Å²) in [6.07, 6.45) is 1.65. The Morgan fingerprint density at radius 2 is 1.62 bits per heavy atom. The molecule has 3 aromatic rings. The Hall–Kier alpha value is -3.04. The van der Waals surface area contributed by atoms with Crippen molar-refractivity contribution in [2.75, 3.05) is 0 Å². The zero-order valence-corrected chi connectivity index (χ0v) is 14.9. The maximum Gasteiger partial charge on any atom is 0.336 e. The standard InChI is InChI=1S/C22H17ClO3/c1-15-13-19(11-12-21(15)23)26-18-9-7-16(8-10-18)14-20(22(24)25)17-5-3-2-4-6-17/h2-14H,1H3,(H,24,25)/b20-14+. The predicted octanol–water partition coefficient (Wildman–Crippen LogP) is 6.07. The van der Waals surface area contributed by atoms with Crippen LogP contribution in [0, 0.1) is 6.92 Å². The largest absolute Gasteiger partial charge is 0.478 e. The van der Waals surface area contributed by atoms with Crippen molar-refractivity contribution in [2.45, 2.75) is 6.92 Å². The molecule has 0 amide bonds. The van der Waals surface area contributed by atoms with Crippen molar-refractivity contribution >= 4 is 29.2 Å². The molecular weight excluding hydrogens is 348 g/mol. The fraction of sp³-hybridized carbons (Fsp3) is 0.0455. The van der Waals surface area contributed by atoms with Crippen molar-refractivity contribution in [3.05, 3.63) is 94.5 Å². The summed E-state index contributed by atoms with van der Waals surface area (Å²) in [6.45, 7) is 1.92.